The van der Waals surface area contributed by atoms with Crippen LogP contribution in [0.4, 0.5) is 0 Å². The molecule has 1 nitrogen and oxygen atoms in total. The van der Waals surface area contributed by atoms with Gasteiger partial charge in [-0.3, -0.25) is 0 Å². The first-order chi connectivity index (χ1) is 9.51. The van der Waals surface area contributed by atoms with Crippen LogP contribution in [0.1, 0.15) is 61.3 Å². The van der Waals surface area contributed by atoms with Crippen LogP contribution in [-0.2, 0) is 0 Å². The fraction of sp³-hybridized carbons (Fsp3) is 1.00. The van der Waals surface area contributed by atoms with Crippen LogP contribution in [0.3, 0.4) is 0 Å². The molecule has 0 rings (SSSR count). The summed E-state index contributed by atoms with van der Waals surface area (Å²) in [6.45, 7) is 26.8. The maximum Gasteiger partial charge on any atom is 0.252 e. The molecule has 0 spiro atoms. The van der Waals surface area contributed by atoms with Gasteiger partial charge in [-0.25, -0.2) is 0 Å². The molecule has 0 aromatic heterocycles. The van der Waals surface area contributed by atoms with Crippen molar-refractivity contribution in [1.29, 1.82) is 0 Å². The van der Waals surface area contributed by atoms with Gasteiger partial charge in [-0.15, -0.1) is 22.2 Å². The second-order valence-electron chi connectivity index (χ2n) is 9.68. The summed E-state index contributed by atoms with van der Waals surface area (Å²) in [6.07, 6.45) is 2.30. The minimum Gasteiger partial charge on any atom is -0.343 e. The molecule has 1 unspecified atom stereocenters. The van der Waals surface area contributed by atoms with E-state index in [4.69, 9.17) is 22.2 Å². The summed E-state index contributed by atoms with van der Waals surface area (Å²) < 4.78 is 2.94. The number of hydrogen-bond acceptors (Lipinski definition) is 1. The van der Waals surface area contributed by atoms with E-state index in [1.54, 1.807) is 0 Å². The van der Waals surface area contributed by atoms with Crippen LogP contribution in [0.15, 0.2) is 0 Å². The van der Waals surface area contributed by atoms with Crippen LogP contribution < -0.4 is 0 Å². The van der Waals surface area contributed by atoms with Crippen molar-refractivity contribution in [2.75, 3.05) is 0 Å². The molecule has 6 heteroatoms. The lowest BCUT2D eigenvalue weighted by Crippen LogP contribution is -2.72. The Bertz CT molecular complexity index is 331. The van der Waals surface area contributed by atoms with Crippen molar-refractivity contribution in [2.24, 2.45) is 0 Å². The third-order valence-electron chi connectivity index (χ3n) is 6.08. The highest BCUT2D eigenvalue weighted by atomic mass is 35.7. The molecule has 0 aliphatic heterocycles. The Balaban J connectivity index is 6.22. The van der Waals surface area contributed by atoms with Crippen molar-refractivity contribution in [1.82, 2.24) is 4.23 Å². The van der Waals surface area contributed by atoms with Crippen LogP contribution in [0.25, 0.3) is 0 Å². The summed E-state index contributed by atoms with van der Waals surface area (Å²) in [5.74, 6) is 0. The zero-order chi connectivity index (χ0) is 18.1. The molecular weight excluding hydrogens is 361 g/mol. The summed E-state index contributed by atoms with van der Waals surface area (Å²) in [5.41, 5.74) is 0.412. The van der Waals surface area contributed by atoms with Gasteiger partial charge in [-0.2, -0.15) is 0 Å². The van der Waals surface area contributed by atoms with E-state index in [0.717, 1.165) is 12.8 Å². The lowest BCUT2D eigenvalue weighted by Gasteiger charge is -2.60. The minimum absolute atomic E-state index is 0.311. The lowest BCUT2D eigenvalue weighted by atomic mass is 10.2. The predicted octanol–water partition coefficient (Wildman–Crippen LogP) is 6.70. The quantitative estimate of drug-likeness (QED) is 0.354. The summed E-state index contributed by atoms with van der Waals surface area (Å²) in [5, 5.41) is 0.622. The van der Waals surface area contributed by atoms with E-state index < -0.39 is 23.9 Å². The normalized spacial score (nSPS) is 16.5. The lowest BCUT2D eigenvalue weighted by molar-refractivity contribution is 0.459. The zero-order valence-electron chi connectivity index (χ0n) is 16.8. The maximum atomic E-state index is 6.64. The minimum atomic E-state index is -1.76. The smallest absolute Gasteiger partial charge is 0.252 e. The molecule has 22 heavy (non-hydrogen) atoms. The van der Waals surface area contributed by atoms with Gasteiger partial charge in [0.15, 0.2) is 0 Å². The average Bonchev–Trinajstić information content (AvgIpc) is 2.24. The highest BCUT2D eigenvalue weighted by Crippen LogP contribution is 2.49. The van der Waals surface area contributed by atoms with E-state index in [0.29, 0.717) is 15.7 Å². The second-order valence-corrected chi connectivity index (χ2v) is 25.3. The van der Waals surface area contributed by atoms with E-state index in [-0.39, 0.29) is 0 Å². The van der Waals surface area contributed by atoms with Crippen molar-refractivity contribution < 1.29 is 0 Å². The Morgan fingerprint density at radius 1 is 0.864 bits per heavy atom. The average molecular weight is 401 g/mol. The summed E-state index contributed by atoms with van der Waals surface area (Å²) in [4.78, 5) is 0. The number of nitrogens with zero attached hydrogens (tertiary/aromatic N) is 1. The van der Waals surface area contributed by atoms with Crippen LogP contribution in [0.2, 0.25) is 36.3 Å². The fourth-order valence-electron chi connectivity index (χ4n) is 2.91. The molecule has 0 bridgehead atoms. The number of hydrogen-bond donors (Lipinski definition) is 0. The van der Waals surface area contributed by atoms with Gasteiger partial charge in [0, 0.05) is 5.67 Å². The monoisotopic (exact) mass is 399 g/mol. The van der Waals surface area contributed by atoms with Crippen LogP contribution in [0.5, 0.6) is 0 Å². The summed E-state index contributed by atoms with van der Waals surface area (Å²) >= 11 is 13.3. The first kappa shape index (κ1) is 23.2. The molecular formula is C16H39Cl2NSi3. The van der Waals surface area contributed by atoms with E-state index in [2.05, 4.69) is 78.9 Å². The predicted molar refractivity (Wildman–Crippen MR) is 114 cm³/mol. The van der Waals surface area contributed by atoms with E-state index >= 15 is 0 Å². The highest BCUT2D eigenvalue weighted by Gasteiger charge is 2.54. The molecule has 0 N–H and O–H groups in total. The third kappa shape index (κ3) is 4.85. The maximum absolute atomic E-state index is 6.64. The molecule has 0 saturated carbocycles. The van der Waals surface area contributed by atoms with Crippen LogP contribution in [-0.4, -0.2) is 33.8 Å². The Hall–Kier alpha value is 1.19. The Labute approximate surface area is 153 Å². The van der Waals surface area contributed by atoms with Gasteiger partial charge in [0.1, 0.15) is 16.5 Å². The molecule has 0 fully saturated rings. The first-order valence-corrected chi connectivity index (χ1v) is 18.6. The Morgan fingerprint density at radius 2 is 1.18 bits per heavy atom. The van der Waals surface area contributed by atoms with Crippen molar-refractivity contribution in [3.63, 3.8) is 0 Å². The molecule has 0 aromatic carbocycles. The topological polar surface area (TPSA) is 3.24 Å². The van der Waals surface area contributed by atoms with Gasteiger partial charge in [0.2, 0.25) is 0 Å². The van der Waals surface area contributed by atoms with Crippen molar-refractivity contribution in [3.8, 4) is 0 Å². The standard InChI is InChI=1S/C16H39Cl2NSi3/c1-12-13-14(20(17)18)19(21(8,9)15(2,3)4)22(10,11)16(5,6)7/h14,20H,12-13H2,1-11H3. The fourth-order valence-corrected chi connectivity index (χ4v) is 20.4. The van der Waals surface area contributed by atoms with Crippen LogP contribution in [0, 0.1) is 0 Å². The van der Waals surface area contributed by atoms with Gasteiger partial charge in [-0.1, -0.05) is 81.1 Å². The molecule has 0 saturated heterocycles. The third-order valence-corrected chi connectivity index (χ3v) is 23.4. The van der Waals surface area contributed by atoms with Crippen molar-refractivity contribution in [3.05, 3.63) is 0 Å². The van der Waals surface area contributed by atoms with Gasteiger partial charge >= 0.3 is 0 Å². The molecule has 134 valence electrons. The van der Waals surface area contributed by atoms with Gasteiger partial charge in [0.25, 0.3) is 7.42 Å². The molecule has 1 atom stereocenters. The molecule has 0 heterocycles. The first-order valence-electron chi connectivity index (χ1n) is 8.59. The zero-order valence-corrected chi connectivity index (χ0v) is 21.4. The second kappa shape index (κ2) is 7.61. The van der Waals surface area contributed by atoms with Crippen molar-refractivity contribution >= 4 is 46.0 Å². The van der Waals surface area contributed by atoms with Gasteiger partial charge in [-0.05, 0) is 16.5 Å². The Morgan fingerprint density at radius 3 is 1.36 bits per heavy atom. The largest absolute Gasteiger partial charge is 0.343 e. The summed E-state index contributed by atoms with van der Waals surface area (Å²) in [6, 6.07) is 0. The van der Waals surface area contributed by atoms with Crippen molar-refractivity contribution in [2.45, 2.75) is 103 Å². The summed E-state index contributed by atoms with van der Waals surface area (Å²) in [7, 11) is -5.13. The Kier molecular flexibility index (Phi) is 8.02. The van der Waals surface area contributed by atoms with Gasteiger partial charge in [0.05, 0.1) is 0 Å². The molecule has 0 amide bonds. The molecule has 0 aromatic rings. The SMILES string of the molecule is CCCC(N([Si](C)(C)C(C)(C)C)[Si](C)(C)C(C)(C)C)[SiH](Cl)Cl. The van der Waals surface area contributed by atoms with E-state index in [1.807, 2.05) is 0 Å². The number of halogens is 2. The number of rotatable bonds is 6. The van der Waals surface area contributed by atoms with Gasteiger partial charge < -0.3 is 4.23 Å². The van der Waals surface area contributed by atoms with Crippen LogP contribution >= 0.6 is 22.2 Å². The molecule has 0 aliphatic rings. The van der Waals surface area contributed by atoms with E-state index in [1.165, 1.54) is 0 Å². The molecule has 0 radical (unpaired) electrons. The molecule has 0 aliphatic carbocycles. The van der Waals surface area contributed by atoms with E-state index in [9.17, 15) is 0 Å². The highest BCUT2D eigenvalue weighted by molar-refractivity contribution is 7.34.